The van der Waals surface area contributed by atoms with Crippen molar-refractivity contribution in [1.29, 1.82) is 0 Å². The fraction of sp³-hybridized carbons (Fsp3) is 0.353. The normalized spacial score (nSPS) is 10.9. The molecule has 0 unspecified atom stereocenters. The summed E-state index contributed by atoms with van der Waals surface area (Å²) in [5.41, 5.74) is 2.23. The van der Waals surface area contributed by atoms with E-state index in [9.17, 15) is 4.79 Å². The molecule has 0 bridgehead atoms. The number of ketones is 1. The third kappa shape index (κ3) is 2.77. The van der Waals surface area contributed by atoms with E-state index in [0.717, 1.165) is 17.1 Å². The van der Waals surface area contributed by atoms with Crippen LogP contribution in [0.1, 0.15) is 46.9 Å². The first kappa shape index (κ1) is 14.4. The van der Waals surface area contributed by atoms with E-state index < -0.39 is 0 Å². The van der Waals surface area contributed by atoms with Crippen molar-refractivity contribution in [2.45, 2.75) is 40.7 Å². The molecule has 0 aliphatic heterocycles. The van der Waals surface area contributed by atoms with Gasteiger partial charge in [-0.3, -0.25) is 4.79 Å². The minimum absolute atomic E-state index is 0.00653. The van der Waals surface area contributed by atoms with Crippen LogP contribution < -0.4 is 4.74 Å². The fourth-order valence-corrected chi connectivity index (χ4v) is 2.23. The lowest BCUT2D eigenvalue weighted by molar-refractivity contribution is 0.103. The van der Waals surface area contributed by atoms with Gasteiger partial charge in [-0.15, -0.1) is 0 Å². The summed E-state index contributed by atoms with van der Waals surface area (Å²) in [5.74, 6) is 2.24. The van der Waals surface area contributed by atoms with E-state index in [0.29, 0.717) is 16.9 Å². The highest BCUT2D eigenvalue weighted by molar-refractivity contribution is 6.10. The van der Waals surface area contributed by atoms with E-state index >= 15 is 0 Å². The van der Waals surface area contributed by atoms with E-state index in [2.05, 4.69) is 0 Å². The van der Waals surface area contributed by atoms with Crippen LogP contribution in [0.3, 0.4) is 0 Å². The SMILES string of the molecule is Cc1oc(C)c(C(=O)c2ccc(OC(C)C)cc2)c1C. The van der Waals surface area contributed by atoms with Gasteiger partial charge in [0.25, 0.3) is 0 Å². The number of benzene rings is 1. The smallest absolute Gasteiger partial charge is 0.196 e. The van der Waals surface area contributed by atoms with Gasteiger partial charge in [-0.25, -0.2) is 0 Å². The molecule has 0 saturated carbocycles. The highest BCUT2D eigenvalue weighted by Gasteiger charge is 2.19. The summed E-state index contributed by atoms with van der Waals surface area (Å²) >= 11 is 0. The van der Waals surface area contributed by atoms with Crippen molar-refractivity contribution < 1.29 is 13.9 Å². The maximum atomic E-state index is 12.5. The van der Waals surface area contributed by atoms with Gasteiger partial charge in [-0.1, -0.05) is 0 Å². The lowest BCUT2D eigenvalue weighted by Gasteiger charge is -2.09. The maximum absolute atomic E-state index is 12.5. The van der Waals surface area contributed by atoms with Crippen molar-refractivity contribution in [2.75, 3.05) is 0 Å². The van der Waals surface area contributed by atoms with Gasteiger partial charge in [0.1, 0.15) is 17.3 Å². The summed E-state index contributed by atoms with van der Waals surface area (Å²) < 4.78 is 11.1. The maximum Gasteiger partial charge on any atom is 0.196 e. The van der Waals surface area contributed by atoms with Crippen molar-refractivity contribution in [3.8, 4) is 5.75 Å². The Morgan fingerprint density at radius 3 is 2.10 bits per heavy atom. The number of hydrogen-bond donors (Lipinski definition) is 0. The second-order valence-corrected chi connectivity index (χ2v) is 5.23. The zero-order valence-electron chi connectivity index (χ0n) is 12.6. The summed E-state index contributed by atoms with van der Waals surface area (Å²) in [6.45, 7) is 9.55. The van der Waals surface area contributed by atoms with Gasteiger partial charge < -0.3 is 9.15 Å². The van der Waals surface area contributed by atoms with Gasteiger partial charge in [0, 0.05) is 11.1 Å². The molecule has 0 atom stereocenters. The molecule has 1 heterocycles. The van der Waals surface area contributed by atoms with Crippen molar-refractivity contribution in [3.63, 3.8) is 0 Å². The van der Waals surface area contributed by atoms with E-state index in [1.807, 2.05) is 46.8 Å². The van der Waals surface area contributed by atoms with Crippen molar-refractivity contribution in [1.82, 2.24) is 0 Å². The molecule has 0 N–H and O–H groups in total. The largest absolute Gasteiger partial charge is 0.491 e. The number of aryl methyl sites for hydroxylation is 2. The minimum atomic E-state index is -0.00653. The number of ether oxygens (including phenoxy) is 1. The Kier molecular flexibility index (Phi) is 3.98. The van der Waals surface area contributed by atoms with Crippen molar-refractivity contribution in [3.05, 3.63) is 52.5 Å². The van der Waals surface area contributed by atoms with E-state index in [4.69, 9.17) is 9.15 Å². The topological polar surface area (TPSA) is 39.4 Å². The lowest BCUT2D eigenvalue weighted by Crippen LogP contribution is -2.07. The Labute approximate surface area is 119 Å². The standard InChI is InChI=1S/C17H20O3/c1-10(2)19-15-8-6-14(7-9-15)17(18)16-11(3)12(4)20-13(16)5/h6-10H,1-5H3. The van der Waals surface area contributed by atoms with E-state index in [1.165, 1.54) is 0 Å². The predicted octanol–water partition coefficient (Wildman–Crippen LogP) is 4.22. The molecule has 106 valence electrons. The first-order chi connectivity index (χ1) is 9.40. The number of furan rings is 1. The molecular formula is C17H20O3. The second kappa shape index (κ2) is 5.53. The lowest BCUT2D eigenvalue weighted by atomic mass is 10.00. The molecule has 2 aromatic rings. The Balaban J connectivity index is 2.29. The van der Waals surface area contributed by atoms with Gasteiger partial charge in [-0.2, -0.15) is 0 Å². The molecule has 1 aromatic heterocycles. The highest BCUT2D eigenvalue weighted by atomic mass is 16.5. The summed E-state index contributed by atoms with van der Waals surface area (Å²) in [4.78, 5) is 12.5. The summed E-state index contributed by atoms with van der Waals surface area (Å²) in [6, 6.07) is 7.23. The fourth-order valence-electron chi connectivity index (χ4n) is 2.23. The van der Waals surface area contributed by atoms with Gasteiger partial charge in [0.05, 0.1) is 11.7 Å². The molecule has 0 aliphatic rings. The quantitative estimate of drug-likeness (QED) is 0.782. The molecule has 0 amide bonds. The molecule has 1 aromatic carbocycles. The van der Waals surface area contributed by atoms with Crippen LogP contribution in [0, 0.1) is 20.8 Å². The number of carbonyl (C=O) groups is 1. The number of hydrogen-bond acceptors (Lipinski definition) is 3. The van der Waals surface area contributed by atoms with Crippen LogP contribution in [-0.4, -0.2) is 11.9 Å². The number of carbonyl (C=O) groups excluding carboxylic acids is 1. The highest BCUT2D eigenvalue weighted by Crippen LogP contribution is 2.24. The molecule has 0 saturated heterocycles. The first-order valence-electron chi connectivity index (χ1n) is 6.78. The monoisotopic (exact) mass is 272 g/mol. The molecule has 0 radical (unpaired) electrons. The van der Waals surface area contributed by atoms with Crippen LogP contribution in [0.15, 0.2) is 28.7 Å². The molecule has 0 spiro atoms. The van der Waals surface area contributed by atoms with E-state index in [-0.39, 0.29) is 11.9 Å². The van der Waals surface area contributed by atoms with Gasteiger partial charge in [0.2, 0.25) is 0 Å². The molecule has 3 nitrogen and oxygen atoms in total. The molecule has 0 fully saturated rings. The van der Waals surface area contributed by atoms with Crippen molar-refractivity contribution in [2.24, 2.45) is 0 Å². The molecule has 3 heteroatoms. The third-order valence-corrected chi connectivity index (χ3v) is 3.28. The molecule has 2 rings (SSSR count). The van der Waals surface area contributed by atoms with E-state index in [1.54, 1.807) is 12.1 Å². The molecule has 20 heavy (non-hydrogen) atoms. The summed E-state index contributed by atoms with van der Waals surface area (Å²) in [7, 11) is 0. The molecular weight excluding hydrogens is 252 g/mol. The third-order valence-electron chi connectivity index (χ3n) is 3.28. The Morgan fingerprint density at radius 2 is 1.65 bits per heavy atom. The van der Waals surface area contributed by atoms with Crippen LogP contribution in [0.25, 0.3) is 0 Å². The van der Waals surface area contributed by atoms with Crippen molar-refractivity contribution >= 4 is 5.78 Å². The Bertz CT molecular complexity index is 618. The number of rotatable bonds is 4. The van der Waals surface area contributed by atoms with Crippen LogP contribution >= 0.6 is 0 Å². The average molecular weight is 272 g/mol. The summed E-state index contributed by atoms with van der Waals surface area (Å²) in [5, 5.41) is 0. The minimum Gasteiger partial charge on any atom is -0.491 e. The second-order valence-electron chi connectivity index (χ2n) is 5.23. The zero-order chi connectivity index (χ0) is 14.9. The van der Waals surface area contributed by atoms with Gasteiger partial charge in [-0.05, 0) is 58.9 Å². The predicted molar refractivity (Wildman–Crippen MR) is 78.6 cm³/mol. The van der Waals surface area contributed by atoms with Crippen LogP contribution in [-0.2, 0) is 0 Å². The zero-order valence-corrected chi connectivity index (χ0v) is 12.6. The summed E-state index contributed by atoms with van der Waals surface area (Å²) in [6.07, 6.45) is 0.123. The van der Waals surface area contributed by atoms with Gasteiger partial charge >= 0.3 is 0 Å². The van der Waals surface area contributed by atoms with Crippen LogP contribution in [0.2, 0.25) is 0 Å². The Hall–Kier alpha value is -2.03. The van der Waals surface area contributed by atoms with Gasteiger partial charge in [0.15, 0.2) is 5.78 Å². The van der Waals surface area contributed by atoms with Crippen LogP contribution in [0.4, 0.5) is 0 Å². The molecule has 0 aliphatic carbocycles. The Morgan fingerprint density at radius 1 is 1.05 bits per heavy atom. The average Bonchev–Trinajstić information content (AvgIpc) is 2.63. The first-order valence-corrected chi connectivity index (χ1v) is 6.78. The van der Waals surface area contributed by atoms with Crippen LogP contribution in [0.5, 0.6) is 5.75 Å².